The largest absolute Gasteiger partial charge is 0.126 e. The lowest BCUT2D eigenvalue weighted by molar-refractivity contribution is 0.229. The van der Waals surface area contributed by atoms with Crippen LogP contribution in [-0.4, -0.2) is 5.88 Å². The summed E-state index contributed by atoms with van der Waals surface area (Å²) in [6, 6.07) is 10.7. The summed E-state index contributed by atoms with van der Waals surface area (Å²) in [6.07, 6.45) is 3.61. The van der Waals surface area contributed by atoms with Gasteiger partial charge in [-0.1, -0.05) is 51.1 Å². The molecule has 0 aliphatic rings. The molecule has 0 aromatic heterocycles. The lowest BCUT2D eigenvalue weighted by Crippen LogP contribution is -2.25. The van der Waals surface area contributed by atoms with E-state index in [0.29, 0.717) is 5.92 Å². The molecule has 0 radical (unpaired) electrons. The first-order valence-corrected chi connectivity index (χ1v) is 6.72. The lowest BCUT2D eigenvalue weighted by atomic mass is 9.76. The van der Waals surface area contributed by atoms with Crippen molar-refractivity contribution in [3.8, 4) is 0 Å². The van der Waals surface area contributed by atoms with Crippen LogP contribution in [0.3, 0.4) is 0 Å². The first-order valence-electron chi connectivity index (χ1n) is 6.18. The molecular formula is C15H23Cl. The van der Waals surface area contributed by atoms with Gasteiger partial charge in [-0.2, -0.15) is 0 Å². The first kappa shape index (κ1) is 13.6. The second kappa shape index (κ2) is 6.30. The van der Waals surface area contributed by atoms with E-state index in [1.54, 1.807) is 0 Å². The van der Waals surface area contributed by atoms with Gasteiger partial charge < -0.3 is 0 Å². The molecule has 0 fully saturated rings. The normalized spacial score (nSPS) is 15.1. The van der Waals surface area contributed by atoms with E-state index >= 15 is 0 Å². The quantitative estimate of drug-likeness (QED) is 0.618. The van der Waals surface area contributed by atoms with Crippen molar-refractivity contribution in [3.63, 3.8) is 0 Å². The van der Waals surface area contributed by atoms with Gasteiger partial charge in [-0.3, -0.25) is 0 Å². The summed E-state index contributed by atoms with van der Waals surface area (Å²) in [7, 11) is 0. The van der Waals surface area contributed by atoms with Gasteiger partial charge in [0, 0.05) is 5.88 Å². The Kier molecular flexibility index (Phi) is 5.34. The molecule has 0 bridgehead atoms. The van der Waals surface area contributed by atoms with Crippen molar-refractivity contribution in [2.45, 2.75) is 40.0 Å². The number of benzene rings is 1. The predicted octanol–water partition coefficient (Wildman–Crippen LogP) is 4.91. The standard InChI is InChI=1S/C15H23Cl/c1-13(2)15(3,12-16)11-7-10-14-8-5-4-6-9-14/h4-6,8-9,13H,7,10-12H2,1-3H3. The third kappa shape index (κ3) is 3.83. The molecule has 90 valence electrons. The first-order chi connectivity index (χ1) is 7.58. The van der Waals surface area contributed by atoms with Gasteiger partial charge in [0.05, 0.1) is 0 Å². The Bertz CT molecular complexity index is 292. The Balaban J connectivity index is 2.40. The Morgan fingerprint density at radius 1 is 1.19 bits per heavy atom. The van der Waals surface area contributed by atoms with Gasteiger partial charge >= 0.3 is 0 Å². The minimum atomic E-state index is 0.288. The molecule has 0 saturated heterocycles. The van der Waals surface area contributed by atoms with Gasteiger partial charge in [0.1, 0.15) is 0 Å². The van der Waals surface area contributed by atoms with Crippen LogP contribution in [0.2, 0.25) is 0 Å². The van der Waals surface area contributed by atoms with Crippen LogP contribution in [0.5, 0.6) is 0 Å². The molecule has 0 aliphatic heterocycles. The zero-order valence-electron chi connectivity index (χ0n) is 10.7. The highest BCUT2D eigenvalue weighted by atomic mass is 35.5. The molecule has 1 aromatic carbocycles. The van der Waals surface area contributed by atoms with Crippen LogP contribution in [-0.2, 0) is 6.42 Å². The van der Waals surface area contributed by atoms with E-state index in [9.17, 15) is 0 Å². The second-order valence-electron chi connectivity index (χ2n) is 5.28. The van der Waals surface area contributed by atoms with E-state index in [2.05, 4.69) is 51.1 Å². The maximum absolute atomic E-state index is 6.09. The van der Waals surface area contributed by atoms with E-state index in [1.807, 2.05) is 0 Å². The third-order valence-electron chi connectivity index (χ3n) is 3.76. The molecule has 1 atom stereocenters. The van der Waals surface area contributed by atoms with Crippen molar-refractivity contribution < 1.29 is 0 Å². The highest BCUT2D eigenvalue weighted by molar-refractivity contribution is 6.18. The Morgan fingerprint density at radius 2 is 1.81 bits per heavy atom. The topological polar surface area (TPSA) is 0 Å². The van der Waals surface area contributed by atoms with Crippen molar-refractivity contribution in [2.24, 2.45) is 11.3 Å². The van der Waals surface area contributed by atoms with Crippen LogP contribution in [0.4, 0.5) is 0 Å². The summed E-state index contributed by atoms with van der Waals surface area (Å²) in [6.45, 7) is 6.84. The third-order valence-corrected chi connectivity index (χ3v) is 4.37. The molecule has 0 nitrogen and oxygen atoms in total. The van der Waals surface area contributed by atoms with E-state index in [-0.39, 0.29) is 5.41 Å². The van der Waals surface area contributed by atoms with E-state index in [1.165, 1.54) is 24.8 Å². The Morgan fingerprint density at radius 3 is 2.31 bits per heavy atom. The fourth-order valence-electron chi connectivity index (χ4n) is 1.85. The molecule has 0 amide bonds. The number of rotatable bonds is 6. The summed E-state index contributed by atoms with van der Waals surface area (Å²) in [4.78, 5) is 0. The summed E-state index contributed by atoms with van der Waals surface area (Å²) in [5.74, 6) is 1.42. The van der Waals surface area contributed by atoms with E-state index in [0.717, 1.165) is 5.88 Å². The number of alkyl halides is 1. The van der Waals surface area contributed by atoms with Crippen molar-refractivity contribution in [1.29, 1.82) is 0 Å². The molecule has 0 spiro atoms. The molecule has 1 rings (SSSR count). The summed E-state index contributed by atoms with van der Waals surface area (Å²) in [5, 5.41) is 0. The summed E-state index contributed by atoms with van der Waals surface area (Å²) < 4.78 is 0. The zero-order chi connectivity index (χ0) is 12.0. The SMILES string of the molecule is CC(C)C(C)(CCl)CCCc1ccccc1. The predicted molar refractivity (Wildman–Crippen MR) is 73.0 cm³/mol. The van der Waals surface area contributed by atoms with Crippen LogP contribution in [0, 0.1) is 11.3 Å². The van der Waals surface area contributed by atoms with Crippen LogP contribution in [0.15, 0.2) is 30.3 Å². The highest BCUT2D eigenvalue weighted by Crippen LogP contribution is 2.34. The molecule has 1 heteroatoms. The lowest BCUT2D eigenvalue weighted by Gasteiger charge is -2.31. The number of hydrogen-bond acceptors (Lipinski definition) is 0. The molecule has 0 aliphatic carbocycles. The van der Waals surface area contributed by atoms with Crippen molar-refractivity contribution in [3.05, 3.63) is 35.9 Å². The van der Waals surface area contributed by atoms with Crippen LogP contribution in [0.1, 0.15) is 39.2 Å². The molecule has 0 saturated carbocycles. The molecule has 1 aromatic rings. The van der Waals surface area contributed by atoms with Crippen LogP contribution >= 0.6 is 11.6 Å². The second-order valence-corrected chi connectivity index (χ2v) is 5.55. The van der Waals surface area contributed by atoms with Gasteiger partial charge in [0.25, 0.3) is 0 Å². The van der Waals surface area contributed by atoms with Crippen LogP contribution in [0.25, 0.3) is 0 Å². The summed E-state index contributed by atoms with van der Waals surface area (Å²) >= 11 is 6.09. The summed E-state index contributed by atoms with van der Waals surface area (Å²) in [5.41, 5.74) is 1.72. The number of halogens is 1. The van der Waals surface area contributed by atoms with E-state index < -0.39 is 0 Å². The maximum Gasteiger partial charge on any atom is 0.0279 e. The average Bonchev–Trinajstić information content (AvgIpc) is 2.30. The minimum Gasteiger partial charge on any atom is -0.126 e. The average molecular weight is 239 g/mol. The van der Waals surface area contributed by atoms with Gasteiger partial charge in [-0.05, 0) is 36.2 Å². The van der Waals surface area contributed by atoms with Gasteiger partial charge in [0.2, 0.25) is 0 Å². The van der Waals surface area contributed by atoms with E-state index in [4.69, 9.17) is 11.6 Å². The number of aryl methyl sites for hydroxylation is 1. The highest BCUT2D eigenvalue weighted by Gasteiger charge is 2.26. The van der Waals surface area contributed by atoms with Gasteiger partial charge in [-0.25, -0.2) is 0 Å². The smallest absolute Gasteiger partial charge is 0.0279 e. The van der Waals surface area contributed by atoms with Crippen LogP contribution < -0.4 is 0 Å². The molecule has 0 N–H and O–H groups in total. The van der Waals surface area contributed by atoms with Crippen molar-refractivity contribution >= 4 is 11.6 Å². The maximum atomic E-state index is 6.09. The molecule has 0 heterocycles. The Hall–Kier alpha value is -0.490. The molecule has 1 unspecified atom stereocenters. The number of hydrogen-bond donors (Lipinski definition) is 0. The molecular weight excluding hydrogens is 216 g/mol. The minimum absolute atomic E-state index is 0.288. The zero-order valence-corrected chi connectivity index (χ0v) is 11.4. The van der Waals surface area contributed by atoms with Crippen molar-refractivity contribution in [1.82, 2.24) is 0 Å². The monoisotopic (exact) mass is 238 g/mol. The van der Waals surface area contributed by atoms with Gasteiger partial charge in [0.15, 0.2) is 0 Å². The Labute approximate surface area is 105 Å². The van der Waals surface area contributed by atoms with Crippen molar-refractivity contribution in [2.75, 3.05) is 5.88 Å². The molecule has 16 heavy (non-hydrogen) atoms. The fourth-order valence-corrected chi connectivity index (χ4v) is 2.29. The fraction of sp³-hybridized carbons (Fsp3) is 0.600. The van der Waals surface area contributed by atoms with Gasteiger partial charge in [-0.15, -0.1) is 11.6 Å².